The van der Waals surface area contributed by atoms with Crippen molar-refractivity contribution in [3.63, 3.8) is 0 Å². The lowest BCUT2D eigenvalue weighted by molar-refractivity contribution is 0.172. The average Bonchev–Trinajstić information content (AvgIpc) is 2.81. The molecule has 3 nitrogen and oxygen atoms in total. The van der Waals surface area contributed by atoms with E-state index in [0.717, 1.165) is 18.8 Å². The van der Waals surface area contributed by atoms with Crippen molar-refractivity contribution in [3.05, 3.63) is 22.7 Å². The molecule has 4 heteroatoms. The molecule has 1 aromatic carbocycles. The van der Waals surface area contributed by atoms with Crippen LogP contribution < -0.4 is 14.8 Å². The van der Waals surface area contributed by atoms with Crippen LogP contribution in [-0.4, -0.2) is 19.9 Å². The van der Waals surface area contributed by atoms with E-state index in [1.54, 1.807) is 0 Å². The van der Waals surface area contributed by atoms with Crippen molar-refractivity contribution >= 4 is 11.6 Å². The second kappa shape index (κ2) is 4.15. The van der Waals surface area contributed by atoms with Crippen LogP contribution in [0.2, 0.25) is 5.02 Å². The summed E-state index contributed by atoms with van der Waals surface area (Å²) in [5.41, 5.74) is 1.23. The number of halogens is 1. The summed E-state index contributed by atoms with van der Waals surface area (Å²) >= 11 is 6.06. The van der Waals surface area contributed by atoms with E-state index in [4.69, 9.17) is 21.1 Å². The van der Waals surface area contributed by atoms with Crippen LogP contribution in [0.5, 0.6) is 11.5 Å². The van der Waals surface area contributed by atoms with Crippen molar-refractivity contribution in [2.24, 2.45) is 0 Å². The average molecular weight is 240 g/mol. The van der Waals surface area contributed by atoms with Crippen molar-refractivity contribution in [1.82, 2.24) is 5.32 Å². The van der Waals surface area contributed by atoms with Gasteiger partial charge in [0.15, 0.2) is 11.5 Å². The second-order valence-corrected chi connectivity index (χ2v) is 4.65. The van der Waals surface area contributed by atoms with E-state index >= 15 is 0 Å². The maximum atomic E-state index is 6.06. The lowest BCUT2D eigenvalue weighted by atomic mass is 9.91. The first-order valence-electron chi connectivity index (χ1n) is 5.65. The third kappa shape index (κ3) is 1.64. The summed E-state index contributed by atoms with van der Waals surface area (Å²) in [6, 6.07) is 3.96. The van der Waals surface area contributed by atoms with Gasteiger partial charge in [-0.25, -0.2) is 0 Å². The van der Waals surface area contributed by atoms with Crippen molar-refractivity contribution in [2.75, 3.05) is 19.9 Å². The van der Waals surface area contributed by atoms with E-state index in [1.807, 2.05) is 6.07 Å². The summed E-state index contributed by atoms with van der Waals surface area (Å²) in [6.45, 7) is 2.41. The topological polar surface area (TPSA) is 30.5 Å². The van der Waals surface area contributed by atoms with Gasteiger partial charge in [0.2, 0.25) is 6.79 Å². The van der Waals surface area contributed by atoms with Gasteiger partial charge in [-0.3, -0.25) is 0 Å². The Bertz CT molecular complexity index is 402. The van der Waals surface area contributed by atoms with Gasteiger partial charge in [-0.1, -0.05) is 17.7 Å². The number of piperidine rings is 1. The number of rotatable bonds is 1. The highest BCUT2D eigenvalue weighted by Gasteiger charge is 2.26. The minimum atomic E-state index is 0.284. The summed E-state index contributed by atoms with van der Waals surface area (Å²) < 4.78 is 10.9. The molecule has 0 bridgehead atoms. The first kappa shape index (κ1) is 10.2. The van der Waals surface area contributed by atoms with Gasteiger partial charge in [-0.15, -0.1) is 0 Å². The zero-order valence-corrected chi connectivity index (χ0v) is 9.72. The van der Waals surface area contributed by atoms with Crippen molar-refractivity contribution in [3.8, 4) is 11.5 Å². The zero-order valence-electron chi connectivity index (χ0n) is 8.96. The molecular weight excluding hydrogens is 226 g/mol. The molecule has 0 radical (unpaired) electrons. The fraction of sp³-hybridized carbons (Fsp3) is 0.500. The molecule has 1 fully saturated rings. The molecule has 2 heterocycles. The van der Waals surface area contributed by atoms with Crippen molar-refractivity contribution in [2.45, 2.75) is 18.8 Å². The molecule has 1 unspecified atom stereocenters. The predicted molar refractivity (Wildman–Crippen MR) is 62.4 cm³/mol. The van der Waals surface area contributed by atoms with Gasteiger partial charge in [0.05, 0.1) is 5.02 Å². The SMILES string of the molecule is Clc1ccc(C2CCCNC2)c2c1OCO2. The monoisotopic (exact) mass is 239 g/mol. The van der Waals surface area contributed by atoms with Crippen LogP contribution >= 0.6 is 11.6 Å². The van der Waals surface area contributed by atoms with Gasteiger partial charge in [-0.2, -0.15) is 0 Å². The normalized spacial score (nSPS) is 23.4. The van der Waals surface area contributed by atoms with E-state index in [-0.39, 0.29) is 6.79 Å². The molecule has 3 rings (SSSR count). The largest absolute Gasteiger partial charge is 0.453 e. The summed E-state index contributed by atoms with van der Waals surface area (Å²) in [5.74, 6) is 2.08. The number of ether oxygens (including phenoxy) is 2. The Balaban J connectivity index is 1.98. The standard InChI is InChI=1S/C12H14ClNO2/c13-10-4-3-9(8-2-1-5-14-6-8)11-12(10)16-7-15-11/h3-4,8,14H,1-2,5-7H2. The molecule has 1 saturated heterocycles. The maximum absolute atomic E-state index is 6.06. The third-order valence-corrected chi connectivity index (χ3v) is 3.54. The smallest absolute Gasteiger partial charge is 0.231 e. The Morgan fingerprint density at radius 2 is 2.12 bits per heavy atom. The lowest BCUT2D eigenvalue weighted by Crippen LogP contribution is -2.28. The molecule has 0 aliphatic carbocycles. The fourth-order valence-corrected chi connectivity index (χ4v) is 2.63. The van der Waals surface area contributed by atoms with Gasteiger partial charge in [-0.05, 0) is 25.5 Å². The Kier molecular flexibility index (Phi) is 2.65. The maximum Gasteiger partial charge on any atom is 0.231 e. The Labute approximate surface area is 99.7 Å². The summed E-state index contributed by atoms with van der Waals surface area (Å²) in [7, 11) is 0. The first-order valence-corrected chi connectivity index (χ1v) is 6.03. The zero-order chi connectivity index (χ0) is 11.0. The molecule has 1 atom stereocenters. The molecule has 2 aliphatic rings. The predicted octanol–water partition coefficient (Wildman–Crippen LogP) is 2.54. The highest BCUT2D eigenvalue weighted by atomic mass is 35.5. The van der Waals surface area contributed by atoms with Gasteiger partial charge >= 0.3 is 0 Å². The molecule has 0 amide bonds. The van der Waals surface area contributed by atoms with Crippen molar-refractivity contribution < 1.29 is 9.47 Å². The molecule has 2 aliphatic heterocycles. The summed E-state index contributed by atoms with van der Waals surface area (Å²) in [4.78, 5) is 0. The number of nitrogens with one attached hydrogen (secondary N) is 1. The first-order chi connectivity index (χ1) is 7.86. The van der Waals surface area contributed by atoms with E-state index in [2.05, 4.69) is 11.4 Å². The van der Waals surface area contributed by atoms with Crippen LogP contribution in [0.25, 0.3) is 0 Å². The molecular formula is C12H14ClNO2. The van der Waals surface area contributed by atoms with Crippen LogP contribution in [0.15, 0.2) is 12.1 Å². The Morgan fingerprint density at radius 1 is 1.25 bits per heavy atom. The minimum absolute atomic E-state index is 0.284. The number of hydrogen-bond acceptors (Lipinski definition) is 3. The van der Waals surface area contributed by atoms with Crippen LogP contribution in [0, 0.1) is 0 Å². The highest BCUT2D eigenvalue weighted by molar-refractivity contribution is 6.32. The molecule has 1 N–H and O–H groups in total. The van der Waals surface area contributed by atoms with E-state index in [1.165, 1.54) is 18.4 Å². The van der Waals surface area contributed by atoms with Crippen LogP contribution in [0.4, 0.5) is 0 Å². The summed E-state index contributed by atoms with van der Waals surface area (Å²) in [6.07, 6.45) is 2.41. The number of benzene rings is 1. The van der Waals surface area contributed by atoms with Gasteiger partial charge < -0.3 is 14.8 Å². The molecule has 86 valence electrons. The summed E-state index contributed by atoms with van der Waals surface area (Å²) in [5, 5.41) is 4.05. The number of hydrogen-bond donors (Lipinski definition) is 1. The van der Waals surface area contributed by atoms with Gasteiger partial charge in [0, 0.05) is 18.0 Å². The van der Waals surface area contributed by atoms with Gasteiger partial charge in [0.1, 0.15) is 0 Å². The van der Waals surface area contributed by atoms with E-state index in [9.17, 15) is 0 Å². The van der Waals surface area contributed by atoms with Gasteiger partial charge in [0.25, 0.3) is 0 Å². The molecule has 0 aromatic heterocycles. The Hall–Kier alpha value is -0.930. The highest BCUT2D eigenvalue weighted by Crippen LogP contribution is 2.45. The molecule has 0 saturated carbocycles. The number of fused-ring (bicyclic) bond motifs is 1. The fourth-order valence-electron chi connectivity index (χ4n) is 2.42. The third-order valence-electron chi connectivity index (χ3n) is 3.24. The lowest BCUT2D eigenvalue weighted by Gasteiger charge is -2.24. The second-order valence-electron chi connectivity index (χ2n) is 4.24. The van der Waals surface area contributed by atoms with Crippen molar-refractivity contribution in [1.29, 1.82) is 0 Å². The van der Waals surface area contributed by atoms with E-state index < -0.39 is 0 Å². The van der Waals surface area contributed by atoms with Crippen LogP contribution in [0.1, 0.15) is 24.3 Å². The molecule has 1 aromatic rings. The Morgan fingerprint density at radius 3 is 2.94 bits per heavy atom. The quantitative estimate of drug-likeness (QED) is 0.817. The minimum Gasteiger partial charge on any atom is -0.453 e. The van der Waals surface area contributed by atoms with E-state index in [0.29, 0.717) is 16.7 Å². The molecule has 0 spiro atoms. The van der Waals surface area contributed by atoms with Crippen LogP contribution in [-0.2, 0) is 0 Å². The van der Waals surface area contributed by atoms with Crippen LogP contribution in [0.3, 0.4) is 0 Å². The molecule has 16 heavy (non-hydrogen) atoms.